The second kappa shape index (κ2) is 13.5. The molecule has 0 bridgehead atoms. The van der Waals surface area contributed by atoms with Crippen molar-refractivity contribution in [3.05, 3.63) is 194 Å². The minimum absolute atomic E-state index is 0.539. The SMILES string of the molecule is c1cnc2oc(-c3ccc(-n4c5ccccc5c5cc(-c6ccc(-c7ccc8c(c7)c7ccccc7n8-c7ccc(-c8nc9cccnc9o8)cc7)cc6)ccc54)cc3)nc2c1. The number of hydrogen-bond donors (Lipinski definition) is 0. The van der Waals surface area contributed by atoms with Crippen LogP contribution in [0.4, 0.5) is 0 Å². The van der Waals surface area contributed by atoms with Crippen molar-refractivity contribution < 1.29 is 8.83 Å². The molecule has 6 aromatic heterocycles. The summed E-state index contributed by atoms with van der Waals surface area (Å²) >= 11 is 0. The van der Waals surface area contributed by atoms with Crippen LogP contribution in [0.1, 0.15) is 0 Å². The number of benzene rings is 7. The van der Waals surface area contributed by atoms with Crippen LogP contribution in [0.3, 0.4) is 0 Å². The molecule has 0 amide bonds. The maximum Gasteiger partial charge on any atom is 0.247 e. The highest BCUT2D eigenvalue weighted by molar-refractivity contribution is 6.11. The van der Waals surface area contributed by atoms with Crippen LogP contribution in [-0.4, -0.2) is 29.1 Å². The van der Waals surface area contributed by atoms with Gasteiger partial charge in [-0.25, -0.2) is 19.9 Å². The molecule has 8 nitrogen and oxygen atoms in total. The topological polar surface area (TPSA) is 87.7 Å². The first kappa shape index (κ1) is 34.3. The van der Waals surface area contributed by atoms with E-state index in [9.17, 15) is 0 Å². The molecule has 7 aromatic carbocycles. The van der Waals surface area contributed by atoms with E-state index in [-0.39, 0.29) is 0 Å². The Hall–Kier alpha value is -8.62. The number of rotatable bonds is 6. The van der Waals surface area contributed by atoms with Crippen LogP contribution in [0.2, 0.25) is 0 Å². The fourth-order valence-electron chi connectivity index (χ4n) is 9.01. The van der Waals surface area contributed by atoms with E-state index in [2.05, 4.69) is 187 Å². The summed E-state index contributed by atoms with van der Waals surface area (Å²) in [7, 11) is 0. The van der Waals surface area contributed by atoms with Gasteiger partial charge in [0.25, 0.3) is 0 Å². The van der Waals surface area contributed by atoms with Crippen molar-refractivity contribution in [3.8, 4) is 56.5 Å². The summed E-state index contributed by atoms with van der Waals surface area (Å²) in [6.45, 7) is 0. The van der Waals surface area contributed by atoms with Gasteiger partial charge in [0.15, 0.2) is 0 Å². The van der Waals surface area contributed by atoms with Gasteiger partial charge in [0.1, 0.15) is 11.0 Å². The highest BCUT2D eigenvalue weighted by Crippen LogP contribution is 2.38. The molecule has 0 N–H and O–H groups in total. The predicted octanol–water partition coefficient (Wildman–Crippen LogP) is 13.6. The fraction of sp³-hybridized carbons (Fsp3) is 0. The molecular weight excluding hydrogens is 765 g/mol. The van der Waals surface area contributed by atoms with Crippen molar-refractivity contribution in [2.45, 2.75) is 0 Å². The third-order valence-electron chi connectivity index (χ3n) is 12.0. The Labute approximate surface area is 353 Å². The van der Waals surface area contributed by atoms with E-state index >= 15 is 0 Å². The average Bonchev–Trinajstić information content (AvgIpc) is 4.12. The number of para-hydroxylation sites is 2. The summed E-state index contributed by atoms with van der Waals surface area (Å²) in [6.07, 6.45) is 3.43. The van der Waals surface area contributed by atoms with E-state index in [0.717, 1.165) is 55.6 Å². The van der Waals surface area contributed by atoms with Crippen LogP contribution in [0, 0.1) is 0 Å². The summed E-state index contributed by atoms with van der Waals surface area (Å²) in [5.41, 5.74) is 15.8. The van der Waals surface area contributed by atoms with E-state index in [1.54, 1.807) is 12.4 Å². The van der Waals surface area contributed by atoms with Gasteiger partial charge in [-0.2, -0.15) is 0 Å². The molecule has 0 fully saturated rings. The standard InChI is InChI=1S/C54H32N6O2/c1-3-11-47-41(7-1)43-31-37(21-27-49(43)59(47)39-23-17-35(18-24-39)51-57-45-9-5-29-55-53(45)61-51)33-13-15-34(16-14-33)38-22-28-50-44(32-38)42-8-2-4-12-48(42)60(50)40-25-19-36(20-26-40)52-58-46-10-6-30-56-54(46)62-52/h1-32H. The van der Waals surface area contributed by atoms with Gasteiger partial charge in [0.05, 0.1) is 22.1 Å². The van der Waals surface area contributed by atoms with Gasteiger partial charge in [-0.1, -0.05) is 72.8 Å². The number of fused-ring (bicyclic) bond motifs is 8. The maximum absolute atomic E-state index is 5.95. The molecule has 0 saturated heterocycles. The summed E-state index contributed by atoms with van der Waals surface area (Å²) in [6, 6.07) is 64.0. The lowest BCUT2D eigenvalue weighted by Gasteiger charge is -2.10. The lowest BCUT2D eigenvalue weighted by atomic mass is 9.98. The lowest BCUT2D eigenvalue weighted by Crippen LogP contribution is -1.94. The quantitative estimate of drug-likeness (QED) is 0.166. The molecule has 13 aromatic rings. The van der Waals surface area contributed by atoms with E-state index in [0.29, 0.717) is 23.2 Å². The van der Waals surface area contributed by atoms with Crippen LogP contribution in [0.25, 0.3) is 123 Å². The van der Waals surface area contributed by atoms with Gasteiger partial charge in [-0.15, -0.1) is 0 Å². The van der Waals surface area contributed by atoms with Crippen LogP contribution < -0.4 is 0 Å². The van der Waals surface area contributed by atoms with Crippen LogP contribution in [0.15, 0.2) is 203 Å². The lowest BCUT2D eigenvalue weighted by molar-refractivity contribution is 0.607. The largest absolute Gasteiger partial charge is 0.418 e. The van der Waals surface area contributed by atoms with Crippen molar-refractivity contribution in [1.29, 1.82) is 0 Å². The minimum atomic E-state index is 0.539. The Bertz CT molecular complexity index is 3530. The van der Waals surface area contributed by atoms with Crippen LogP contribution in [-0.2, 0) is 0 Å². The zero-order valence-corrected chi connectivity index (χ0v) is 33.0. The molecule has 0 atom stereocenters. The number of aromatic nitrogens is 6. The molecule has 0 aliphatic carbocycles. The molecule has 62 heavy (non-hydrogen) atoms. The van der Waals surface area contributed by atoms with Gasteiger partial charge in [-0.05, 0) is 131 Å². The highest BCUT2D eigenvalue weighted by Gasteiger charge is 2.17. The molecular formula is C54H32N6O2. The Balaban J connectivity index is 0.822. The first-order valence-electron chi connectivity index (χ1n) is 20.5. The summed E-state index contributed by atoms with van der Waals surface area (Å²) < 4.78 is 16.6. The van der Waals surface area contributed by atoms with Gasteiger partial charge in [-0.3, -0.25) is 0 Å². The summed E-state index contributed by atoms with van der Waals surface area (Å²) in [4.78, 5) is 17.9. The van der Waals surface area contributed by atoms with E-state index in [4.69, 9.17) is 8.83 Å². The Kier molecular flexibility index (Phi) is 7.43. The molecule has 6 heterocycles. The number of nitrogens with zero attached hydrogens (tertiary/aromatic N) is 6. The summed E-state index contributed by atoms with van der Waals surface area (Å²) in [5, 5.41) is 4.82. The second-order valence-electron chi connectivity index (χ2n) is 15.5. The van der Waals surface area contributed by atoms with Gasteiger partial charge in [0.2, 0.25) is 23.2 Å². The van der Waals surface area contributed by atoms with Crippen LogP contribution >= 0.6 is 0 Å². The van der Waals surface area contributed by atoms with Crippen molar-refractivity contribution in [3.63, 3.8) is 0 Å². The van der Waals surface area contributed by atoms with Gasteiger partial charge < -0.3 is 18.0 Å². The molecule has 0 saturated carbocycles. The van der Waals surface area contributed by atoms with Gasteiger partial charge in [0, 0.05) is 56.4 Å². The van der Waals surface area contributed by atoms with Crippen molar-refractivity contribution >= 4 is 66.1 Å². The Morgan fingerprint density at radius 2 is 0.710 bits per heavy atom. The third-order valence-corrected chi connectivity index (χ3v) is 12.0. The molecule has 0 spiro atoms. The van der Waals surface area contributed by atoms with E-state index in [1.807, 2.05) is 24.3 Å². The summed E-state index contributed by atoms with van der Waals surface area (Å²) in [5.74, 6) is 1.12. The van der Waals surface area contributed by atoms with Crippen LogP contribution in [0.5, 0.6) is 0 Å². The number of oxazole rings is 2. The first-order valence-corrected chi connectivity index (χ1v) is 20.5. The average molecular weight is 797 g/mol. The molecule has 8 heteroatoms. The molecule has 0 unspecified atom stereocenters. The predicted molar refractivity (Wildman–Crippen MR) is 248 cm³/mol. The molecule has 13 rings (SSSR count). The number of pyridine rings is 2. The van der Waals surface area contributed by atoms with Crippen molar-refractivity contribution in [2.75, 3.05) is 0 Å². The Morgan fingerprint density at radius 3 is 1.15 bits per heavy atom. The maximum atomic E-state index is 5.95. The van der Waals surface area contributed by atoms with Crippen molar-refractivity contribution in [2.24, 2.45) is 0 Å². The first-order chi connectivity index (χ1) is 30.7. The van der Waals surface area contributed by atoms with Crippen molar-refractivity contribution in [1.82, 2.24) is 29.1 Å². The van der Waals surface area contributed by atoms with E-state index in [1.165, 1.54) is 43.8 Å². The fourth-order valence-corrected chi connectivity index (χ4v) is 9.01. The normalized spacial score (nSPS) is 11.9. The smallest absolute Gasteiger partial charge is 0.247 e. The molecule has 0 radical (unpaired) electrons. The van der Waals surface area contributed by atoms with Gasteiger partial charge >= 0.3 is 0 Å². The molecule has 0 aliphatic rings. The van der Waals surface area contributed by atoms with E-state index < -0.39 is 0 Å². The number of hydrogen-bond acceptors (Lipinski definition) is 6. The highest BCUT2D eigenvalue weighted by atomic mass is 16.4. The monoisotopic (exact) mass is 796 g/mol. The Morgan fingerprint density at radius 1 is 0.323 bits per heavy atom. The zero-order chi connectivity index (χ0) is 40.7. The second-order valence-corrected chi connectivity index (χ2v) is 15.5. The zero-order valence-electron chi connectivity index (χ0n) is 33.0. The molecule has 290 valence electrons. The minimum Gasteiger partial charge on any atom is -0.418 e. The molecule has 0 aliphatic heterocycles. The third kappa shape index (κ3) is 5.40.